The number of rotatable bonds is 9. The molecule has 0 saturated heterocycles. The molecule has 0 aliphatic rings. The molecular formula is C25H37NOSi. The van der Waals surface area contributed by atoms with Crippen molar-refractivity contribution in [1.82, 2.24) is 4.98 Å². The van der Waals surface area contributed by atoms with Gasteiger partial charge < -0.3 is 4.43 Å². The van der Waals surface area contributed by atoms with Crippen molar-refractivity contribution in [2.75, 3.05) is 0 Å². The van der Waals surface area contributed by atoms with Gasteiger partial charge in [-0.25, -0.2) is 0 Å². The molecule has 28 heavy (non-hydrogen) atoms. The molecule has 1 heterocycles. The van der Waals surface area contributed by atoms with Gasteiger partial charge in [0, 0.05) is 18.0 Å². The first kappa shape index (κ1) is 22.6. The second-order valence-electron chi connectivity index (χ2n) is 9.10. The minimum absolute atomic E-state index is 0.238. The first-order valence-electron chi connectivity index (χ1n) is 10.6. The maximum atomic E-state index is 6.37. The molecule has 0 bridgehead atoms. The van der Waals surface area contributed by atoms with Crippen LogP contribution in [0.3, 0.4) is 0 Å². The zero-order valence-electron chi connectivity index (χ0n) is 18.6. The van der Waals surface area contributed by atoms with Crippen molar-refractivity contribution < 1.29 is 4.43 Å². The number of allylic oxidation sites excluding steroid dienone is 1. The molecule has 2 nitrogen and oxygen atoms in total. The molecule has 0 radical (unpaired) electrons. The summed E-state index contributed by atoms with van der Waals surface area (Å²) in [6.07, 6.45) is 11.0. The third-order valence-corrected chi connectivity index (χ3v) is 10.3. The van der Waals surface area contributed by atoms with Crippen LogP contribution in [0.1, 0.15) is 70.1 Å². The van der Waals surface area contributed by atoms with Crippen LogP contribution in [0, 0.1) is 0 Å². The van der Waals surface area contributed by atoms with Gasteiger partial charge in [0.05, 0.1) is 6.61 Å². The van der Waals surface area contributed by atoms with Gasteiger partial charge in [-0.3, -0.25) is 4.98 Å². The fraction of sp³-hybridized carbons (Fsp3) is 0.480. The molecule has 3 heteroatoms. The highest BCUT2D eigenvalue weighted by atomic mass is 28.4. The second-order valence-corrected chi connectivity index (χ2v) is 13.9. The number of hydrogen-bond acceptors (Lipinski definition) is 2. The molecule has 2 rings (SSSR count). The fourth-order valence-corrected chi connectivity index (χ4v) is 3.79. The summed E-state index contributed by atoms with van der Waals surface area (Å²) in [6.45, 7) is 14.4. The van der Waals surface area contributed by atoms with Crippen molar-refractivity contribution in [2.24, 2.45) is 0 Å². The van der Waals surface area contributed by atoms with Gasteiger partial charge in [-0.1, -0.05) is 76.9 Å². The molecule has 0 unspecified atom stereocenters. The largest absolute Gasteiger partial charge is 0.413 e. The Labute approximate surface area is 173 Å². The molecule has 0 saturated carbocycles. The molecule has 0 fully saturated rings. The van der Waals surface area contributed by atoms with Gasteiger partial charge in [-0.2, -0.15) is 0 Å². The molecule has 152 valence electrons. The van der Waals surface area contributed by atoms with Crippen molar-refractivity contribution >= 4 is 13.9 Å². The van der Waals surface area contributed by atoms with E-state index in [0.717, 1.165) is 6.42 Å². The lowest BCUT2D eigenvalue weighted by molar-refractivity contribution is 0.276. The third-order valence-electron chi connectivity index (χ3n) is 5.80. The lowest BCUT2D eigenvalue weighted by Crippen LogP contribution is -2.40. The van der Waals surface area contributed by atoms with Gasteiger partial charge in [-0.05, 0) is 53.7 Å². The number of pyridine rings is 1. The highest BCUT2D eigenvalue weighted by Gasteiger charge is 2.36. The summed E-state index contributed by atoms with van der Waals surface area (Å²) in [6, 6.07) is 13.0. The molecular weight excluding hydrogens is 358 g/mol. The Hall–Kier alpha value is -1.71. The zero-order chi connectivity index (χ0) is 20.6. The maximum absolute atomic E-state index is 6.37. The van der Waals surface area contributed by atoms with Crippen LogP contribution in [0.4, 0.5) is 0 Å². The van der Waals surface area contributed by atoms with Crippen LogP contribution >= 0.6 is 0 Å². The van der Waals surface area contributed by atoms with E-state index >= 15 is 0 Å². The second kappa shape index (κ2) is 10.2. The Bertz CT molecular complexity index is 742. The van der Waals surface area contributed by atoms with Crippen LogP contribution in [0.2, 0.25) is 18.1 Å². The predicted molar refractivity (Wildman–Crippen MR) is 124 cm³/mol. The Morgan fingerprint density at radius 2 is 1.75 bits per heavy atom. The van der Waals surface area contributed by atoms with Crippen molar-refractivity contribution in [3.8, 4) is 0 Å². The molecule has 1 aromatic carbocycles. The molecule has 0 spiro atoms. The highest BCUT2D eigenvalue weighted by molar-refractivity contribution is 6.74. The van der Waals surface area contributed by atoms with E-state index in [1.165, 1.54) is 41.5 Å². The summed E-state index contributed by atoms with van der Waals surface area (Å²) in [5.41, 5.74) is 4.95. The summed E-state index contributed by atoms with van der Waals surface area (Å²) < 4.78 is 6.37. The molecule has 0 aliphatic heterocycles. The standard InChI is InChI=1S/C25H37NOSi/c1-7-8-9-10-13-24(23-12-11-18-26-19-23)22-16-14-21(15-17-22)20-27-28(5,6)25(2,3)4/h11-19H,7-10,20H2,1-6H3/b24-13-. The normalized spacial score (nSPS) is 13.0. The SMILES string of the molecule is CCCCC/C=C(/c1ccc(CO[Si](C)(C)C(C)(C)C)cc1)c1cccnc1. The average Bonchev–Trinajstić information content (AvgIpc) is 2.67. The minimum atomic E-state index is -1.72. The van der Waals surface area contributed by atoms with E-state index in [0.29, 0.717) is 6.61 Å². The summed E-state index contributed by atoms with van der Waals surface area (Å²) in [4.78, 5) is 4.32. The van der Waals surface area contributed by atoms with Crippen LogP contribution < -0.4 is 0 Å². The van der Waals surface area contributed by atoms with E-state index in [2.05, 4.69) is 82.2 Å². The van der Waals surface area contributed by atoms with E-state index < -0.39 is 8.32 Å². The topological polar surface area (TPSA) is 22.1 Å². The summed E-state index contributed by atoms with van der Waals surface area (Å²) in [5, 5.41) is 0.238. The van der Waals surface area contributed by atoms with Crippen molar-refractivity contribution in [2.45, 2.75) is 78.1 Å². The lowest BCUT2D eigenvalue weighted by atomic mass is 9.96. The van der Waals surface area contributed by atoms with Gasteiger partial charge >= 0.3 is 0 Å². The van der Waals surface area contributed by atoms with Gasteiger partial charge in [0.1, 0.15) is 0 Å². The Morgan fingerprint density at radius 1 is 1.04 bits per heavy atom. The first-order chi connectivity index (χ1) is 13.2. The lowest BCUT2D eigenvalue weighted by Gasteiger charge is -2.36. The van der Waals surface area contributed by atoms with Crippen LogP contribution in [0.25, 0.3) is 5.57 Å². The van der Waals surface area contributed by atoms with E-state index in [1.54, 1.807) is 0 Å². The van der Waals surface area contributed by atoms with Gasteiger partial charge in [0.25, 0.3) is 0 Å². The van der Waals surface area contributed by atoms with Gasteiger partial charge in [0.2, 0.25) is 0 Å². The van der Waals surface area contributed by atoms with E-state index in [9.17, 15) is 0 Å². The monoisotopic (exact) mass is 395 g/mol. The Morgan fingerprint density at radius 3 is 2.32 bits per heavy atom. The molecule has 0 atom stereocenters. The number of aromatic nitrogens is 1. The van der Waals surface area contributed by atoms with Crippen molar-refractivity contribution in [3.63, 3.8) is 0 Å². The molecule has 1 aromatic heterocycles. The van der Waals surface area contributed by atoms with Crippen molar-refractivity contribution in [1.29, 1.82) is 0 Å². The van der Waals surface area contributed by atoms with Crippen LogP contribution in [0.5, 0.6) is 0 Å². The summed E-state index contributed by atoms with van der Waals surface area (Å²) >= 11 is 0. The molecule has 2 aromatic rings. The molecule has 0 aliphatic carbocycles. The van der Waals surface area contributed by atoms with Crippen LogP contribution in [-0.4, -0.2) is 13.3 Å². The zero-order valence-corrected chi connectivity index (χ0v) is 19.6. The Kier molecular flexibility index (Phi) is 8.20. The first-order valence-corrected chi connectivity index (χ1v) is 13.5. The minimum Gasteiger partial charge on any atom is -0.413 e. The smallest absolute Gasteiger partial charge is 0.192 e. The number of nitrogens with zero attached hydrogens (tertiary/aromatic N) is 1. The fourth-order valence-electron chi connectivity index (χ4n) is 2.83. The highest BCUT2D eigenvalue weighted by Crippen LogP contribution is 2.37. The third kappa shape index (κ3) is 6.42. The molecule has 0 amide bonds. The maximum Gasteiger partial charge on any atom is 0.192 e. The van der Waals surface area contributed by atoms with Gasteiger partial charge in [0.15, 0.2) is 8.32 Å². The van der Waals surface area contributed by atoms with E-state index in [1.807, 2.05) is 18.5 Å². The van der Waals surface area contributed by atoms with E-state index in [-0.39, 0.29) is 5.04 Å². The Balaban J connectivity index is 2.15. The van der Waals surface area contributed by atoms with E-state index in [4.69, 9.17) is 4.43 Å². The number of hydrogen-bond donors (Lipinski definition) is 0. The number of benzene rings is 1. The average molecular weight is 396 g/mol. The quantitative estimate of drug-likeness (QED) is 0.322. The molecule has 0 N–H and O–H groups in total. The summed E-state index contributed by atoms with van der Waals surface area (Å²) in [7, 11) is -1.72. The van der Waals surface area contributed by atoms with Crippen molar-refractivity contribution in [3.05, 3.63) is 71.6 Å². The predicted octanol–water partition coefficient (Wildman–Crippen LogP) is 7.62. The summed E-state index contributed by atoms with van der Waals surface area (Å²) in [5.74, 6) is 0. The van der Waals surface area contributed by atoms with Crippen LogP contribution in [0.15, 0.2) is 54.9 Å². The van der Waals surface area contributed by atoms with Gasteiger partial charge in [-0.15, -0.1) is 0 Å². The van der Waals surface area contributed by atoms with Crippen LogP contribution in [-0.2, 0) is 11.0 Å². The number of unbranched alkanes of at least 4 members (excludes halogenated alkanes) is 3.